The van der Waals surface area contributed by atoms with Gasteiger partial charge in [0.25, 0.3) is 0 Å². The molecule has 0 aliphatic heterocycles. The monoisotopic (exact) mass is 444 g/mol. The Bertz CT molecular complexity index is 855. The number of hydrogen-bond acceptors (Lipinski definition) is 4. The Kier molecular flexibility index (Phi) is 11.3. The molecule has 0 spiro atoms. The SMILES string of the molecule is CC(C)=CCCC(=CCCC(C)=CCCC(C)(O)CCc1cc(O)cc(C)c1O)C(=O)O. The summed E-state index contributed by atoms with van der Waals surface area (Å²) < 4.78 is 0. The summed E-state index contributed by atoms with van der Waals surface area (Å²) in [4.78, 5) is 11.4. The maximum atomic E-state index is 11.4. The largest absolute Gasteiger partial charge is 0.508 e. The van der Waals surface area contributed by atoms with Gasteiger partial charge in [-0.2, -0.15) is 0 Å². The van der Waals surface area contributed by atoms with E-state index in [1.807, 2.05) is 26.8 Å². The maximum absolute atomic E-state index is 11.4. The summed E-state index contributed by atoms with van der Waals surface area (Å²) in [6.45, 7) is 9.57. The maximum Gasteiger partial charge on any atom is 0.331 e. The molecular formula is C27H40O5. The van der Waals surface area contributed by atoms with E-state index in [-0.39, 0.29) is 11.5 Å². The zero-order valence-electron chi connectivity index (χ0n) is 20.2. The molecule has 1 atom stereocenters. The molecule has 0 saturated heterocycles. The fourth-order valence-electron chi connectivity index (χ4n) is 3.57. The number of aryl methyl sites for hydroxylation is 2. The van der Waals surface area contributed by atoms with Crippen LogP contribution in [0.5, 0.6) is 11.5 Å². The molecule has 0 heterocycles. The number of aromatic hydroxyl groups is 2. The van der Waals surface area contributed by atoms with Crippen molar-refractivity contribution < 1.29 is 25.2 Å². The Balaban J connectivity index is 2.51. The van der Waals surface area contributed by atoms with Gasteiger partial charge >= 0.3 is 5.97 Å². The second kappa shape index (κ2) is 13.1. The third-order valence-electron chi connectivity index (χ3n) is 5.64. The summed E-state index contributed by atoms with van der Waals surface area (Å²) in [7, 11) is 0. The number of carboxylic acid groups (broad SMARTS) is 1. The van der Waals surface area contributed by atoms with Gasteiger partial charge in [-0.3, -0.25) is 0 Å². The molecule has 0 amide bonds. The minimum Gasteiger partial charge on any atom is -0.508 e. The van der Waals surface area contributed by atoms with E-state index in [9.17, 15) is 25.2 Å². The zero-order chi connectivity index (χ0) is 24.3. The lowest BCUT2D eigenvalue weighted by molar-refractivity contribution is -0.132. The number of aliphatic carboxylic acids is 1. The fourth-order valence-corrected chi connectivity index (χ4v) is 3.57. The number of benzene rings is 1. The highest BCUT2D eigenvalue weighted by Gasteiger charge is 2.20. The van der Waals surface area contributed by atoms with Crippen LogP contribution in [0.2, 0.25) is 0 Å². The molecule has 0 fully saturated rings. The Morgan fingerprint density at radius 2 is 1.62 bits per heavy atom. The van der Waals surface area contributed by atoms with Crippen LogP contribution >= 0.6 is 0 Å². The molecule has 0 aromatic heterocycles. The van der Waals surface area contributed by atoms with Gasteiger partial charge in [-0.15, -0.1) is 0 Å². The van der Waals surface area contributed by atoms with E-state index in [1.165, 1.54) is 17.2 Å². The van der Waals surface area contributed by atoms with Crippen LogP contribution in [0.25, 0.3) is 0 Å². The minimum absolute atomic E-state index is 0.116. The van der Waals surface area contributed by atoms with Crippen molar-refractivity contribution in [2.24, 2.45) is 0 Å². The number of phenolic OH excluding ortho intramolecular Hbond substituents is 2. The lowest BCUT2D eigenvalue weighted by atomic mass is 9.91. The molecule has 5 nitrogen and oxygen atoms in total. The van der Waals surface area contributed by atoms with Crippen LogP contribution in [0.3, 0.4) is 0 Å². The highest BCUT2D eigenvalue weighted by atomic mass is 16.4. The summed E-state index contributed by atoms with van der Waals surface area (Å²) in [6, 6.07) is 3.06. The molecule has 178 valence electrons. The van der Waals surface area contributed by atoms with E-state index >= 15 is 0 Å². The molecule has 0 radical (unpaired) electrons. The zero-order valence-corrected chi connectivity index (χ0v) is 20.2. The molecule has 1 unspecified atom stereocenters. The standard InChI is InChI=1S/C27H40O5/c1-19(2)9-6-12-22(26(30)31)13-7-10-20(3)11-8-15-27(5,32)16-14-23-18-24(28)17-21(4)25(23)29/h9,11,13,17-18,28-29,32H,6-8,10,12,14-16H2,1-5H3,(H,30,31). The van der Waals surface area contributed by atoms with Crippen LogP contribution in [-0.2, 0) is 11.2 Å². The van der Waals surface area contributed by atoms with Crippen LogP contribution in [-0.4, -0.2) is 32.0 Å². The van der Waals surface area contributed by atoms with Gasteiger partial charge in [-0.1, -0.05) is 29.4 Å². The molecule has 0 bridgehead atoms. The van der Waals surface area contributed by atoms with Crippen molar-refractivity contribution in [2.45, 2.75) is 91.6 Å². The van der Waals surface area contributed by atoms with Crippen molar-refractivity contribution in [1.82, 2.24) is 0 Å². The molecule has 32 heavy (non-hydrogen) atoms. The summed E-state index contributed by atoms with van der Waals surface area (Å²) in [6.07, 6.45) is 11.0. The Morgan fingerprint density at radius 3 is 2.25 bits per heavy atom. The lowest BCUT2D eigenvalue weighted by Gasteiger charge is -2.23. The first-order valence-electron chi connectivity index (χ1n) is 11.4. The summed E-state index contributed by atoms with van der Waals surface area (Å²) in [5.41, 5.74) is 3.20. The molecule has 0 saturated carbocycles. The van der Waals surface area contributed by atoms with Crippen LogP contribution in [0.15, 0.2) is 47.1 Å². The Morgan fingerprint density at radius 1 is 0.969 bits per heavy atom. The second-order valence-electron chi connectivity index (χ2n) is 9.25. The molecule has 0 aliphatic rings. The van der Waals surface area contributed by atoms with Gasteiger partial charge in [0.2, 0.25) is 0 Å². The topological polar surface area (TPSA) is 98.0 Å². The highest BCUT2D eigenvalue weighted by Crippen LogP contribution is 2.30. The van der Waals surface area contributed by atoms with Crippen LogP contribution in [0, 0.1) is 6.92 Å². The van der Waals surface area contributed by atoms with Crippen LogP contribution in [0.1, 0.15) is 83.8 Å². The Labute approximate surface area is 192 Å². The third-order valence-corrected chi connectivity index (χ3v) is 5.64. The van der Waals surface area contributed by atoms with Gasteiger partial charge in [0, 0.05) is 5.57 Å². The van der Waals surface area contributed by atoms with Crippen molar-refractivity contribution in [3.8, 4) is 11.5 Å². The first kappa shape index (κ1) is 27.5. The average Bonchev–Trinajstić information content (AvgIpc) is 2.68. The quantitative estimate of drug-likeness (QED) is 0.161. The number of rotatable bonds is 13. The molecule has 5 heteroatoms. The van der Waals surface area contributed by atoms with Crippen molar-refractivity contribution >= 4 is 5.97 Å². The number of carbonyl (C=O) groups is 1. The van der Waals surface area contributed by atoms with E-state index < -0.39 is 11.6 Å². The Hall–Kier alpha value is -2.53. The van der Waals surface area contributed by atoms with Crippen LogP contribution < -0.4 is 0 Å². The normalized spacial score (nSPS) is 14.2. The molecular weight excluding hydrogens is 404 g/mol. The van der Waals surface area contributed by atoms with E-state index in [1.54, 1.807) is 19.9 Å². The summed E-state index contributed by atoms with van der Waals surface area (Å²) >= 11 is 0. The molecule has 1 aromatic rings. The van der Waals surface area contributed by atoms with Gasteiger partial charge in [-0.05, 0) is 109 Å². The number of aliphatic hydroxyl groups is 1. The molecule has 0 aliphatic carbocycles. The summed E-state index contributed by atoms with van der Waals surface area (Å²) in [5, 5.41) is 39.9. The van der Waals surface area contributed by atoms with E-state index in [0.29, 0.717) is 48.8 Å². The van der Waals surface area contributed by atoms with E-state index in [4.69, 9.17) is 0 Å². The third kappa shape index (κ3) is 10.7. The van der Waals surface area contributed by atoms with Crippen molar-refractivity contribution in [3.05, 3.63) is 58.2 Å². The van der Waals surface area contributed by atoms with Gasteiger partial charge in [0.15, 0.2) is 0 Å². The molecule has 1 rings (SSSR count). The van der Waals surface area contributed by atoms with Gasteiger partial charge < -0.3 is 20.4 Å². The molecule has 4 N–H and O–H groups in total. The van der Waals surface area contributed by atoms with E-state index in [0.717, 1.165) is 19.3 Å². The minimum atomic E-state index is -0.885. The smallest absolute Gasteiger partial charge is 0.331 e. The number of phenols is 2. The van der Waals surface area contributed by atoms with E-state index in [2.05, 4.69) is 12.2 Å². The second-order valence-corrected chi connectivity index (χ2v) is 9.25. The first-order valence-corrected chi connectivity index (χ1v) is 11.4. The van der Waals surface area contributed by atoms with Crippen LogP contribution in [0.4, 0.5) is 0 Å². The molecule has 1 aromatic carbocycles. The highest BCUT2D eigenvalue weighted by molar-refractivity contribution is 5.86. The predicted molar refractivity (Wildman–Crippen MR) is 130 cm³/mol. The number of allylic oxidation sites excluding steroid dienone is 5. The fraction of sp³-hybridized carbons (Fsp3) is 0.519. The van der Waals surface area contributed by atoms with Gasteiger partial charge in [-0.25, -0.2) is 4.79 Å². The number of carboxylic acids is 1. The van der Waals surface area contributed by atoms with Gasteiger partial charge in [0.1, 0.15) is 11.5 Å². The lowest BCUT2D eigenvalue weighted by Crippen LogP contribution is -2.24. The predicted octanol–water partition coefficient (Wildman–Crippen LogP) is 6.35. The number of hydrogen-bond donors (Lipinski definition) is 4. The van der Waals surface area contributed by atoms with Gasteiger partial charge in [0.05, 0.1) is 5.60 Å². The van der Waals surface area contributed by atoms with Crippen molar-refractivity contribution in [1.29, 1.82) is 0 Å². The van der Waals surface area contributed by atoms with Crippen molar-refractivity contribution in [3.63, 3.8) is 0 Å². The first-order chi connectivity index (χ1) is 14.9. The van der Waals surface area contributed by atoms with Crippen molar-refractivity contribution in [2.75, 3.05) is 0 Å². The summed E-state index contributed by atoms with van der Waals surface area (Å²) in [5.74, 6) is -0.563. The average molecular weight is 445 g/mol.